The Morgan fingerprint density at radius 3 is 1.33 bits per heavy atom. The van der Waals surface area contributed by atoms with Crippen LogP contribution in [0, 0.1) is 0 Å². The molecule has 1 atom stereocenters. The van der Waals surface area contributed by atoms with Crippen LogP contribution in [0.2, 0.25) is 0 Å². The van der Waals surface area contributed by atoms with E-state index in [0.29, 0.717) is 19.4 Å². The minimum Gasteiger partial charge on any atom is -0.480 e. The van der Waals surface area contributed by atoms with E-state index in [0.717, 1.165) is 0 Å². The number of aliphatic hydroxyl groups excluding tert-OH is 6. The zero-order chi connectivity index (χ0) is 16.7. The van der Waals surface area contributed by atoms with Crippen LogP contribution >= 0.6 is 0 Å². The average Bonchev–Trinajstić information content (AvgIpc) is 2.47. The molecule has 0 spiro atoms. The normalized spacial score (nSPS) is 37.3. The molecule has 0 saturated heterocycles. The van der Waals surface area contributed by atoms with Crippen molar-refractivity contribution in [2.24, 2.45) is 11.5 Å². The van der Waals surface area contributed by atoms with Crippen LogP contribution < -0.4 is 11.5 Å². The van der Waals surface area contributed by atoms with Gasteiger partial charge in [0.25, 0.3) is 0 Å². The SMILES string of the molecule is NCCC[C@H](N)C(=O)O.OC1C(O)C(O)C(O)C(O)C1O. The first-order valence-electron chi connectivity index (χ1n) is 6.42. The first kappa shape index (κ1) is 20.1. The molecular weight excluding hydrogens is 288 g/mol. The lowest BCUT2D eigenvalue weighted by Gasteiger charge is -2.39. The summed E-state index contributed by atoms with van der Waals surface area (Å²) < 4.78 is 0. The van der Waals surface area contributed by atoms with Crippen LogP contribution in [0.3, 0.4) is 0 Å². The third-order valence-corrected chi connectivity index (χ3v) is 3.14. The minimum absolute atomic E-state index is 0.464. The van der Waals surface area contributed by atoms with Gasteiger partial charge in [0.2, 0.25) is 0 Å². The monoisotopic (exact) mass is 312 g/mol. The summed E-state index contributed by atoms with van der Waals surface area (Å²) in [6, 6.07) is -0.742. The fourth-order valence-corrected chi connectivity index (χ4v) is 1.67. The van der Waals surface area contributed by atoms with Gasteiger partial charge in [-0.15, -0.1) is 0 Å². The van der Waals surface area contributed by atoms with E-state index < -0.39 is 48.6 Å². The molecule has 126 valence electrons. The van der Waals surface area contributed by atoms with Crippen LogP contribution in [-0.2, 0) is 4.79 Å². The fraction of sp³-hybridized carbons (Fsp3) is 0.909. The number of carboxylic acid groups (broad SMARTS) is 1. The van der Waals surface area contributed by atoms with Crippen LogP contribution in [0.25, 0.3) is 0 Å². The van der Waals surface area contributed by atoms with Gasteiger partial charge >= 0.3 is 5.97 Å². The maximum Gasteiger partial charge on any atom is 0.320 e. The molecule has 0 radical (unpaired) electrons. The molecule has 10 heteroatoms. The summed E-state index contributed by atoms with van der Waals surface area (Å²) in [6.07, 6.45) is -8.70. The summed E-state index contributed by atoms with van der Waals surface area (Å²) in [5.74, 6) is -0.955. The van der Waals surface area contributed by atoms with E-state index in [1.165, 1.54) is 0 Å². The van der Waals surface area contributed by atoms with Crippen LogP contribution in [0.4, 0.5) is 0 Å². The number of aliphatic hydroxyl groups is 6. The molecular formula is C11H24N2O8. The van der Waals surface area contributed by atoms with Crippen molar-refractivity contribution < 1.29 is 40.5 Å². The number of carboxylic acids is 1. The average molecular weight is 312 g/mol. The van der Waals surface area contributed by atoms with Crippen molar-refractivity contribution in [2.75, 3.05) is 6.54 Å². The predicted octanol–water partition coefficient (Wildman–Crippen LogP) is -4.70. The molecule has 21 heavy (non-hydrogen) atoms. The van der Waals surface area contributed by atoms with E-state index in [2.05, 4.69) is 0 Å². The highest BCUT2D eigenvalue weighted by Gasteiger charge is 2.47. The second-order valence-corrected chi connectivity index (χ2v) is 4.82. The van der Waals surface area contributed by atoms with E-state index in [9.17, 15) is 4.79 Å². The molecule has 1 rings (SSSR count). The summed E-state index contributed by atoms with van der Waals surface area (Å²) in [5, 5.41) is 62.1. The number of rotatable bonds is 4. The number of carbonyl (C=O) groups is 1. The molecule has 0 heterocycles. The molecule has 11 N–H and O–H groups in total. The first-order chi connectivity index (χ1) is 9.64. The Balaban J connectivity index is 0.000000400. The molecule has 1 saturated carbocycles. The van der Waals surface area contributed by atoms with Crippen molar-refractivity contribution in [2.45, 2.75) is 55.5 Å². The molecule has 10 nitrogen and oxygen atoms in total. The van der Waals surface area contributed by atoms with Crippen molar-refractivity contribution >= 4 is 5.97 Å². The Morgan fingerprint density at radius 2 is 1.14 bits per heavy atom. The number of nitrogens with two attached hydrogens (primary N) is 2. The standard InChI is InChI=1S/C6H12O6.C5H12N2O2/c7-1-2(8)4(10)6(12)5(11)3(1)9;6-3-1-2-4(7)5(8)9/h1-12H;4H,1-3,6-7H2,(H,8,9)/t;4-/m.0/s1. The van der Waals surface area contributed by atoms with Gasteiger partial charge in [-0.3, -0.25) is 4.79 Å². The second kappa shape index (κ2) is 9.23. The zero-order valence-corrected chi connectivity index (χ0v) is 11.4. The maximum atomic E-state index is 10.0. The van der Waals surface area contributed by atoms with Gasteiger partial charge in [-0.1, -0.05) is 0 Å². The maximum absolute atomic E-state index is 10.0. The van der Waals surface area contributed by atoms with E-state index >= 15 is 0 Å². The smallest absolute Gasteiger partial charge is 0.320 e. The van der Waals surface area contributed by atoms with Crippen molar-refractivity contribution in [3.8, 4) is 0 Å². The van der Waals surface area contributed by atoms with Crippen LogP contribution in [0.1, 0.15) is 12.8 Å². The Hall–Kier alpha value is -0.850. The Morgan fingerprint density at radius 1 is 0.857 bits per heavy atom. The lowest BCUT2D eigenvalue weighted by molar-refractivity contribution is -0.223. The highest BCUT2D eigenvalue weighted by Crippen LogP contribution is 2.20. The van der Waals surface area contributed by atoms with Gasteiger partial charge in [-0.2, -0.15) is 0 Å². The number of hydrogen-bond acceptors (Lipinski definition) is 9. The number of hydrogen-bond donors (Lipinski definition) is 9. The topological polar surface area (TPSA) is 211 Å². The first-order valence-corrected chi connectivity index (χ1v) is 6.42. The quantitative estimate of drug-likeness (QED) is 0.242. The van der Waals surface area contributed by atoms with Crippen molar-refractivity contribution in [3.63, 3.8) is 0 Å². The summed E-state index contributed by atoms with van der Waals surface area (Å²) in [6.45, 7) is 0.501. The molecule has 1 aliphatic carbocycles. The second-order valence-electron chi connectivity index (χ2n) is 4.82. The van der Waals surface area contributed by atoms with Gasteiger partial charge in [0.05, 0.1) is 0 Å². The summed E-state index contributed by atoms with van der Waals surface area (Å²) in [4.78, 5) is 10.0. The van der Waals surface area contributed by atoms with Gasteiger partial charge in [0, 0.05) is 0 Å². The molecule has 0 aromatic rings. The Kier molecular flexibility index (Phi) is 8.85. The Bertz CT molecular complexity index is 260. The van der Waals surface area contributed by atoms with Crippen molar-refractivity contribution in [1.29, 1.82) is 0 Å². The molecule has 0 aromatic carbocycles. The lowest BCUT2D eigenvalue weighted by Crippen LogP contribution is -2.63. The molecule has 0 bridgehead atoms. The lowest BCUT2D eigenvalue weighted by atomic mass is 9.85. The van der Waals surface area contributed by atoms with Crippen LogP contribution in [0.5, 0.6) is 0 Å². The number of aliphatic carboxylic acids is 1. The Labute approximate surface area is 121 Å². The van der Waals surface area contributed by atoms with E-state index in [-0.39, 0.29) is 0 Å². The van der Waals surface area contributed by atoms with Crippen molar-refractivity contribution in [3.05, 3.63) is 0 Å². The largest absolute Gasteiger partial charge is 0.480 e. The van der Waals surface area contributed by atoms with Gasteiger partial charge in [-0.25, -0.2) is 0 Å². The third-order valence-electron chi connectivity index (χ3n) is 3.14. The van der Waals surface area contributed by atoms with Gasteiger partial charge in [-0.05, 0) is 19.4 Å². The van der Waals surface area contributed by atoms with Gasteiger partial charge in [0.1, 0.15) is 42.7 Å². The van der Waals surface area contributed by atoms with E-state index in [1.807, 2.05) is 0 Å². The predicted molar refractivity (Wildman–Crippen MR) is 69.9 cm³/mol. The fourth-order valence-electron chi connectivity index (χ4n) is 1.67. The van der Waals surface area contributed by atoms with Crippen molar-refractivity contribution in [1.82, 2.24) is 0 Å². The molecule has 0 amide bonds. The molecule has 0 aliphatic heterocycles. The van der Waals surface area contributed by atoms with E-state index in [4.69, 9.17) is 47.2 Å². The highest BCUT2D eigenvalue weighted by atomic mass is 16.4. The van der Waals surface area contributed by atoms with Gasteiger partial charge in [0.15, 0.2) is 0 Å². The third kappa shape index (κ3) is 5.80. The van der Waals surface area contributed by atoms with Crippen LogP contribution in [-0.4, -0.2) is 90.9 Å². The summed E-state index contributed by atoms with van der Waals surface area (Å²) in [7, 11) is 0. The van der Waals surface area contributed by atoms with Gasteiger partial charge < -0.3 is 47.2 Å². The molecule has 0 aromatic heterocycles. The zero-order valence-electron chi connectivity index (χ0n) is 11.4. The molecule has 1 fully saturated rings. The minimum atomic E-state index is -1.64. The summed E-state index contributed by atoms with van der Waals surface area (Å²) in [5.41, 5.74) is 10.3. The molecule has 0 unspecified atom stereocenters. The van der Waals surface area contributed by atoms with E-state index in [1.54, 1.807) is 0 Å². The molecule has 1 aliphatic rings. The summed E-state index contributed by atoms with van der Waals surface area (Å²) >= 11 is 0. The van der Waals surface area contributed by atoms with Crippen LogP contribution in [0.15, 0.2) is 0 Å². The highest BCUT2D eigenvalue weighted by molar-refractivity contribution is 5.72.